The van der Waals surface area contributed by atoms with E-state index in [9.17, 15) is 9.50 Å². The van der Waals surface area contributed by atoms with E-state index in [0.717, 1.165) is 5.56 Å². The molecule has 88 valence electrons. The Morgan fingerprint density at radius 2 is 1.59 bits per heavy atom. The molecule has 0 saturated heterocycles. The largest absolute Gasteiger partial charge is 0.396 e. The van der Waals surface area contributed by atoms with Crippen molar-refractivity contribution in [2.45, 2.75) is 12.3 Å². The van der Waals surface area contributed by atoms with Crippen LogP contribution in [0.15, 0.2) is 54.6 Å². The van der Waals surface area contributed by atoms with Gasteiger partial charge in [0.1, 0.15) is 5.82 Å². The van der Waals surface area contributed by atoms with Crippen LogP contribution in [0.3, 0.4) is 0 Å². The molecule has 2 rings (SSSR count). The standard InChI is InChI=1S/C15H15FO/c16-15-9-5-4-8-14(15)13(11-17)10-12-6-2-1-3-7-12/h1-9,13,17H,10-11H2/t13-/m0/s1. The minimum absolute atomic E-state index is 0.0458. The first-order valence-corrected chi connectivity index (χ1v) is 5.70. The van der Waals surface area contributed by atoms with E-state index in [0.29, 0.717) is 12.0 Å². The van der Waals surface area contributed by atoms with Gasteiger partial charge in [-0.3, -0.25) is 0 Å². The van der Waals surface area contributed by atoms with Crippen LogP contribution in [0.4, 0.5) is 4.39 Å². The van der Waals surface area contributed by atoms with Gasteiger partial charge >= 0.3 is 0 Å². The molecule has 0 amide bonds. The van der Waals surface area contributed by atoms with Gasteiger partial charge in [0.25, 0.3) is 0 Å². The Morgan fingerprint density at radius 3 is 2.24 bits per heavy atom. The summed E-state index contributed by atoms with van der Waals surface area (Å²) in [6, 6.07) is 16.5. The Kier molecular flexibility index (Phi) is 3.89. The summed E-state index contributed by atoms with van der Waals surface area (Å²) in [5, 5.41) is 9.40. The lowest BCUT2D eigenvalue weighted by Crippen LogP contribution is -2.09. The highest BCUT2D eigenvalue weighted by atomic mass is 19.1. The van der Waals surface area contributed by atoms with Gasteiger partial charge in [0.2, 0.25) is 0 Å². The molecule has 0 unspecified atom stereocenters. The molecule has 0 fully saturated rings. The van der Waals surface area contributed by atoms with Gasteiger partial charge in [-0.1, -0.05) is 48.5 Å². The zero-order chi connectivity index (χ0) is 12.1. The van der Waals surface area contributed by atoms with Gasteiger partial charge in [0, 0.05) is 5.92 Å². The molecular weight excluding hydrogens is 215 g/mol. The second-order valence-electron chi connectivity index (χ2n) is 4.09. The third kappa shape index (κ3) is 2.92. The molecule has 0 heterocycles. The van der Waals surface area contributed by atoms with E-state index >= 15 is 0 Å². The van der Waals surface area contributed by atoms with Crippen molar-refractivity contribution < 1.29 is 9.50 Å². The summed E-state index contributed by atoms with van der Waals surface area (Å²) in [5.41, 5.74) is 1.69. The molecule has 17 heavy (non-hydrogen) atoms. The van der Waals surface area contributed by atoms with Crippen molar-refractivity contribution in [1.82, 2.24) is 0 Å². The maximum Gasteiger partial charge on any atom is 0.126 e. The maximum absolute atomic E-state index is 13.6. The molecule has 1 atom stereocenters. The average Bonchev–Trinajstić information content (AvgIpc) is 2.38. The number of halogens is 1. The molecular formula is C15H15FO. The lowest BCUT2D eigenvalue weighted by Gasteiger charge is -2.15. The quantitative estimate of drug-likeness (QED) is 0.855. The topological polar surface area (TPSA) is 20.2 Å². The summed E-state index contributed by atoms with van der Waals surface area (Å²) >= 11 is 0. The number of hydrogen-bond donors (Lipinski definition) is 1. The number of hydrogen-bond acceptors (Lipinski definition) is 1. The Morgan fingerprint density at radius 1 is 0.941 bits per heavy atom. The first-order valence-electron chi connectivity index (χ1n) is 5.70. The summed E-state index contributed by atoms with van der Waals surface area (Å²) in [6.45, 7) is -0.0458. The Balaban J connectivity index is 2.21. The van der Waals surface area contributed by atoms with Crippen LogP contribution >= 0.6 is 0 Å². The highest BCUT2D eigenvalue weighted by Crippen LogP contribution is 2.22. The number of benzene rings is 2. The Hall–Kier alpha value is -1.67. The van der Waals surface area contributed by atoms with Crippen molar-refractivity contribution >= 4 is 0 Å². The fourth-order valence-electron chi connectivity index (χ4n) is 1.98. The predicted molar refractivity (Wildman–Crippen MR) is 66.4 cm³/mol. The van der Waals surface area contributed by atoms with Gasteiger partial charge < -0.3 is 5.11 Å². The highest BCUT2D eigenvalue weighted by molar-refractivity contribution is 5.25. The van der Waals surface area contributed by atoms with Gasteiger partial charge in [-0.25, -0.2) is 4.39 Å². The van der Waals surface area contributed by atoms with Crippen LogP contribution in [0, 0.1) is 5.82 Å². The molecule has 2 aromatic carbocycles. The fraction of sp³-hybridized carbons (Fsp3) is 0.200. The molecule has 0 spiro atoms. The minimum Gasteiger partial charge on any atom is -0.396 e. The van der Waals surface area contributed by atoms with Crippen LogP contribution in [-0.4, -0.2) is 11.7 Å². The van der Waals surface area contributed by atoms with Gasteiger partial charge in [0.05, 0.1) is 6.61 Å². The first kappa shape index (κ1) is 11.8. The van der Waals surface area contributed by atoms with Gasteiger partial charge in [-0.05, 0) is 23.6 Å². The SMILES string of the molecule is OC[C@H](Cc1ccccc1)c1ccccc1F. The third-order valence-electron chi connectivity index (χ3n) is 2.89. The van der Waals surface area contributed by atoms with E-state index in [4.69, 9.17) is 0 Å². The maximum atomic E-state index is 13.6. The van der Waals surface area contributed by atoms with E-state index in [2.05, 4.69) is 0 Å². The second kappa shape index (κ2) is 5.60. The number of aliphatic hydroxyl groups excluding tert-OH is 1. The lowest BCUT2D eigenvalue weighted by atomic mass is 9.92. The molecule has 2 heteroatoms. The van der Waals surface area contributed by atoms with Crippen LogP contribution in [0.25, 0.3) is 0 Å². The molecule has 0 saturated carbocycles. The molecule has 0 aliphatic heterocycles. The third-order valence-corrected chi connectivity index (χ3v) is 2.89. The zero-order valence-electron chi connectivity index (χ0n) is 9.51. The van der Waals surface area contributed by atoms with E-state index in [-0.39, 0.29) is 18.3 Å². The molecule has 0 aromatic heterocycles. The summed E-state index contributed by atoms with van der Waals surface area (Å²) in [5.74, 6) is -0.430. The normalized spacial score (nSPS) is 12.4. The van der Waals surface area contributed by atoms with E-state index in [1.54, 1.807) is 18.2 Å². The summed E-state index contributed by atoms with van der Waals surface area (Å²) in [6.07, 6.45) is 0.651. The van der Waals surface area contributed by atoms with Crippen molar-refractivity contribution in [2.24, 2.45) is 0 Å². The second-order valence-corrected chi connectivity index (χ2v) is 4.09. The van der Waals surface area contributed by atoms with Gasteiger partial charge in [0.15, 0.2) is 0 Å². The molecule has 0 aliphatic rings. The lowest BCUT2D eigenvalue weighted by molar-refractivity contribution is 0.261. The highest BCUT2D eigenvalue weighted by Gasteiger charge is 2.14. The van der Waals surface area contributed by atoms with Gasteiger partial charge in [-0.15, -0.1) is 0 Å². The van der Waals surface area contributed by atoms with Crippen LogP contribution in [0.5, 0.6) is 0 Å². The van der Waals surface area contributed by atoms with Crippen LogP contribution in [0.1, 0.15) is 17.0 Å². The zero-order valence-corrected chi connectivity index (χ0v) is 9.51. The molecule has 2 aromatic rings. The van der Waals surface area contributed by atoms with Crippen LogP contribution in [-0.2, 0) is 6.42 Å². The van der Waals surface area contributed by atoms with E-state index < -0.39 is 0 Å². The summed E-state index contributed by atoms with van der Waals surface area (Å²) < 4.78 is 13.6. The monoisotopic (exact) mass is 230 g/mol. The number of aliphatic hydroxyl groups is 1. The molecule has 1 N–H and O–H groups in total. The Labute approximate surface area is 101 Å². The first-order chi connectivity index (χ1) is 8.31. The molecule has 0 bridgehead atoms. The fourth-order valence-corrected chi connectivity index (χ4v) is 1.98. The summed E-state index contributed by atoms with van der Waals surface area (Å²) in [7, 11) is 0. The molecule has 0 radical (unpaired) electrons. The predicted octanol–water partition coefficient (Wildman–Crippen LogP) is 3.14. The van der Waals surface area contributed by atoms with Crippen LogP contribution in [0.2, 0.25) is 0 Å². The number of rotatable bonds is 4. The van der Waals surface area contributed by atoms with Crippen molar-refractivity contribution in [1.29, 1.82) is 0 Å². The van der Waals surface area contributed by atoms with E-state index in [1.165, 1.54) is 6.07 Å². The summed E-state index contributed by atoms with van der Waals surface area (Å²) in [4.78, 5) is 0. The van der Waals surface area contributed by atoms with Crippen molar-refractivity contribution in [2.75, 3.05) is 6.61 Å². The van der Waals surface area contributed by atoms with E-state index in [1.807, 2.05) is 30.3 Å². The minimum atomic E-state index is -0.248. The molecule has 0 aliphatic carbocycles. The molecule has 1 nitrogen and oxygen atoms in total. The smallest absolute Gasteiger partial charge is 0.126 e. The van der Waals surface area contributed by atoms with Gasteiger partial charge in [-0.2, -0.15) is 0 Å². The van der Waals surface area contributed by atoms with Crippen molar-refractivity contribution in [3.8, 4) is 0 Å². The Bertz CT molecular complexity index is 467. The van der Waals surface area contributed by atoms with Crippen molar-refractivity contribution in [3.05, 3.63) is 71.5 Å². The average molecular weight is 230 g/mol. The van der Waals surface area contributed by atoms with Crippen molar-refractivity contribution in [3.63, 3.8) is 0 Å². The van der Waals surface area contributed by atoms with Crippen LogP contribution < -0.4 is 0 Å².